The van der Waals surface area contributed by atoms with Crippen LogP contribution in [0.1, 0.15) is 45.2 Å². The molecule has 0 saturated carbocycles. The summed E-state index contributed by atoms with van der Waals surface area (Å²) >= 11 is 0. The van der Waals surface area contributed by atoms with E-state index in [1.807, 2.05) is 0 Å². The van der Waals surface area contributed by atoms with E-state index in [0.29, 0.717) is 5.56 Å². The van der Waals surface area contributed by atoms with Crippen LogP contribution in [-0.4, -0.2) is 178 Å². The van der Waals surface area contributed by atoms with Crippen LogP contribution in [0, 0.1) is 23.7 Å². The zero-order chi connectivity index (χ0) is 49.3. The van der Waals surface area contributed by atoms with Gasteiger partial charge in [0.1, 0.15) is 45.7 Å². The van der Waals surface area contributed by atoms with Crippen molar-refractivity contribution in [1.29, 1.82) is 0 Å². The molecule has 0 aliphatic heterocycles. The van der Waals surface area contributed by atoms with Crippen LogP contribution in [0.15, 0.2) is 75.7 Å². The highest BCUT2D eigenvalue weighted by atomic mass is 35.5. The zero-order valence-corrected chi connectivity index (χ0v) is 40.2. The number of aliphatic hydroxyl groups is 8. The third-order valence-electron chi connectivity index (χ3n) is 14.1. The number of benzene rings is 2. The Bertz CT molecular complexity index is 2730. The second-order valence-electron chi connectivity index (χ2n) is 18.4. The fourth-order valence-electron chi connectivity index (χ4n) is 11.3. The van der Waals surface area contributed by atoms with Crippen LogP contribution >= 0.6 is 24.8 Å². The van der Waals surface area contributed by atoms with Crippen LogP contribution in [0.25, 0.3) is 0 Å². The summed E-state index contributed by atoms with van der Waals surface area (Å²) in [4.78, 5) is 81.8. The van der Waals surface area contributed by atoms with Crippen LogP contribution in [0.5, 0.6) is 11.5 Å². The number of aromatic hydroxyl groups is 2. The number of rotatable bonds is 5. The fraction of sp³-hybridized carbons (Fsp3) is 0.422. The van der Waals surface area contributed by atoms with E-state index in [9.17, 15) is 79.8 Å². The second-order valence-corrected chi connectivity index (χ2v) is 18.4. The highest BCUT2D eigenvalue weighted by molar-refractivity contribution is 6.26. The van der Waals surface area contributed by atoms with Gasteiger partial charge in [-0.2, -0.15) is 0 Å². The first kappa shape index (κ1) is 58.2. The third kappa shape index (κ3) is 7.67. The van der Waals surface area contributed by atoms with Gasteiger partial charge >= 0.3 is 0 Å². The summed E-state index contributed by atoms with van der Waals surface area (Å²) in [7, 11) is 9.64. The molecule has 10 atom stereocenters. The number of carbonyl (C=O) groups excluding carboxylic acids is 6. The smallest absolute Gasteiger partial charge is 0.255 e. The maximum atomic E-state index is 13.5. The number of fused-ring (bicyclic) bond motifs is 6. The van der Waals surface area contributed by atoms with Crippen molar-refractivity contribution in [2.75, 3.05) is 47.2 Å². The first-order valence-electron chi connectivity index (χ1n) is 20.6. The van der Waals surface area contributed by atoms with Crippen molar-refractivity contribution in [2.45, 2.75) is 54.8 Å². The van der Waals surface area contributed by atoms with E-state index >= 15 is 0 Å². The molecule has 2 aromatic rings. The number of phenolic OH excluding ortho intramolecular Hbond substituents is 2. The van der Waals surface area contributed by atoms with Gasteiger partial charge in [0.2, 0.25) is 11.6 Å². The number of hydrogen-bond acceptors (Lipinski definition) is 19. The number of likely N-dealkylation sites (N-methyl/N-ethyl adjacent to an activating group) is 2. The molecule has 0 spiro atoms. The van der Waals surface area contributed by atoms with Crippen LogP contribution in [0.4, 0.5) is 5.69 Å². The average molecular weight is 1030 g/mol. The van der Waals surface area contributed by atoms with E-state index in [1.54, 1.807) is 39.2 Å². The highest BCUT2D eigenvalue weighted by Crippen LogP contribution is 2.57. The monoisotopic (exact) mass is 1030 g/mol. The lowest BCUT2D eigenvalue weighted by Gasteiger charge is -2.55. The van der Waals surface area contributed by atoms with Crippen LogP contribution in [-0.2, 0) is 31.2 Å². The Balaban J connectivity index is 0.000000350. The molecular weight excluding hydrogens is 969 g/mol. The first-order chi connectivity index (χ1) is 30.5. The Morgan fingerprint density at radius 1 is 0.671 bits per heavy atom. The Hall–Kier alpha value is -6.12. The van der Waals surface area contributed by atoms with Gasteiger partial charge in [-0.15, -0.1) is 24.8 Å². The SMILES string of the molecule is CN(C)[C@@H]1C(O)=C(C(N)=O)C(=O)[C@@]2(O)C(O)=C3C(=O)c4c(O)cccc4[C@@](C)(O)[C@H]3[C@H](O)[C@@H]12.CN(C)c1ccc(O)c2c1C[C@H]1C[C@H]3[C@H](N(C)C)C(O)=C(C(N)=O)C(=O)[C@@]3(O)C(O)=C1C2=O.Cl.Cl.O.O. The van der Waals surface area contributed by atoms with E-state index in [1.165, 1.54) is 55.1 Å². The Morgan fingerprint density at radius 2 is 1.14 bits per heavy atom. The van der Waals surface area contributed by atoms with Crippen molar-refractivity contribution in [3.8, 4) is 11.5 Å². The van der Waals surface area contributed by atoms with E-state index in [4.69, 9.17) is 11.5 Å². The Morgan fingerprint density at radius 3 is 1.64 bits per heavy atom. The first-order valence-corrected chi connectivity index (χ1v) is 20.6. The van der Waals surface area contributed by atoms with E-state index in [0.717, 1.165) is 5.69 Å². The largest absolute Gasteiger partial charge is 0.510 e. The summed E-state index contributed by atoms with van der Waals surface area (Å²) in [6.07, 6.45) is -1.55. The summed E-state index contributed by atoms with van der Waals surface area (Å²) in [5.41, 5.74) is 1.14. The number of carbonyl (C=O) groups is 6. The lowest BCUT2D eigenvalue weighted by Crippen LogP contribution is -2.70. The number of anilines is 1. The minimum atomic E-state index is -3.02. The average Bonchev–Trinajstić information content (AvgIpc) is 3.20. The second kappa shape index (κ2) is 19.2. The molecule has 8 rings (SSSR count). The normalized spacial score (nSPS) is 30.7. The third-order valence-corrected chi connectivity index (χ3v) is 14.1. The molecule has 0 unspecified atom stereocenters. The Labute approximate surface area is 411 Å². The quantitative estimate of drug-likeness (QED) is 0.146. The molecule has 70 heavy (non-hydrogen) atoms. The number of Topliss-reactive ketones (excluding diaryl/α,β-unsaturated/α-hetero) is 4. The molecule has 18 N–H and O–H groups in total. The molecule has 0 fully saturated rings. The lowest BCUT2D eigenvalue weighted by atomic mass is 9.54. The molecule has 0 aromatic heterocycles. The van der Waals surface area contributed by atoms with Crippen LogP contribution in [0.3, 0.4) is 0 Å². The van der Waals surface area contributed by atoms with Crippen molar-refractivity contribution in [1.82, 2.24) is 9.80 Å². The predicted molar refractivity (Wildman–Crippen MR) is 251 cm³/mol. The number of halogens is 2. The van der Waals surface area contributed by atoms with E-state index < -0.39 is 139 Å². The van der Waals surface area contributed by atoms with Crippen molar-refractivity contribution in [3.05, 3.63) is 97.9 Å². The highest BCUT2D eigenvalue weighted by Gasteiger charge is 2.69. The molecule has 0 heterocycles. The number of nitrogens with zero attached hydrogens (tertiary/aromatic N) is 3. The number of allylic oxidation sites excluding steroid dienone is 1. The minimum Gasteiger partial charge on any atom is -0.510 e. The van der Waals surface area contributed by atoms with E-state index in [2.05, 4.69) is 0 Å². The molecule has 0 saturated heterocycles. The summed E-state index contributed by atoms with van der Waals surface area (Å²) < 4.78 is 0. The summed E-state index contributed by atoms with van der Waals surface area (Å²) in [5.74, 6) is -16.2. The molecule has 2 amide bonds. The number of aliphatic hydroxyl groups excluding tert-OH is 5. The number of nitrogens with two attached hydrogens (primary N) is 2. The van der Waals surface area contributed by atoms with Gasteiger partial charge in [0.05, 0.1) is 52.3 Å². The van der Waals surface area contributed by atoms with Gasteiger partial charge in [0, 0.05) is 31.3 Å². The predicted octanol–water partition coefficient (Wildman–Crippen LogP) is -1.86. The maximum Gasteiger partial charge on any atom is 0.255 e. The lowest BCUT2D eigenvalue weighted by molar-refractivity contribution is -0.173. The molecule has 6 aliphatic rings. The number of ketones is 4. The van der Waals surface area contributed by atoms with Crippen molar-refractivity contribution < 1.29 is 90.8 Å². The number of phenols is 2. The van der Waals surface area contributed by atoms with E-state index in [-0.39, 0.29) is 76.6 Å². The molecule has 6 aliphatic carbocycles. The molecule has 2 aromatic carbocycles. The van der Waals surface area contributed by atoms with Gasteiger partial charge in [0.15, 0.2) is 22.8 Å². The molecule has 25 heteroatoms. The van der Waals surface area contributed by atoms with Crippen LogP contribution in [0.2, 0.25) is 0 Å². The molecule has 384 valence electrons. The van der Waals surface area contributed by atoms with Crippen LogP contribution < -0.4 is 16.4 Å². The summed E-state index contributed by atoms with van der Waals surface area (Å²) in [6, 6.07) is 4.60. The van der Waals surface area contributed by atoms with Gasteiger partial charge in [-0.1, -0.05) is 12.1 Å². The zero-order valence-electron chi connectivity index (χ0n) is 38.6. The van der Waals surface area contributed by atoms with Gasteiger partial charge in [-0.3, -0.25) is 38.6 Å². The maximum absolute atomic E-state index is 13.5. The summed E-state index contributed by atoms with van der Waals surface area (Å²) in [5, 5.41) is 110. The van der Waals surface area contributed by atoms with Gasteiger partial charge in [0.25, 0.3) is 11.8 Å². The summed E-state index contributed by atoms with van der Waals surface area (Å²) in [6.45, 7) is 1.25. The fourth-order valence-corrected chi connectivity index (χ4v) is 11.3. The minimum absolute atomic E-state index is 0. The van der Waals surface area contributed by atoms with Crippen molar-refractivity contribution >= 4 is 65.4 Å². The topological polar surface area (TPSA) is 429 Å². The van der Waals surface area contributed by atoms with Gasteiger partial charge < -0.3 is 78.4 Å². The van der Waals surface area contributed by atoms with Crippen molar-refractivity contribution in [3.63, 3.8) is 0 Å². The number of amides is 2. The standard InChI is InChI=1S/C23H27N3O7.C22H24N2O9.2ClH.2H2O/c1-25(2)12-5-6-13(27)15-10(12)7-9-8-11-17(26(3)4)19(29)16(22(24)32)21(31)23(11,33)20(30)14(9)18(15)28;1-21(32)7-5-4-6-8(25)9(7)15(26)10-12(21)17(28)13-14(24(2)3)16(27)11(20(23)31)19(30)22(13,33)18(10)29;;;;/h5-6,9,11,17,27,29-30,33H,7-8H2,1-4H3,(H2,24,32);4-6,12-14,17,25,27-29,32-33H,1-3H3,(H2,23,31);2*1H;2*1H2/t9-,11-,17-,23-;12-,13-,14+,17+,21-,22+;;;;/m01..../s1. The molecule has 23 nitrogen and oxygen atoms in total. The molecular formula is C45H57Cl2N5O18. The van der Waals surface area contributed by atoms with Crippen molar-refractivity contribution in [2.24, 2.45) is 35.1 Å². The number of primary amides is 2. The molecule has 0 radical (unpaired) electrons. The Kier molecular flexibility index (Phi) is 16.0. The van der Waals surface area contributed by atoms with Gasteiger partial charge in [-0.25, -0.2) is 0 Å². The van der Waals surface area contributed by atoms with Gasteiger partial charge in [-0.05, 0) is 83.2 Å². The number of hydrogen-bond donors (Lipinski definition) is 12. The molecule has 0 bridgehead atoms.